The number of nitriles is 1. The van der Waals surface area contributed by atoms with E-state index in [-0.39, 0.29) is 4.75 Å². The maximum atomic E-state index is 9.26. The first-order valence-corrected chi connectivity index (χ1v) is 6.67. The quantitative estimate of drug-likeness (QED) is 0.813. The van der Waals surface area contributed by atoms with Gasteiger partial charge in [0.2, 0.25) is 0 Å². The summed E-state index contributed by atoms with van der Waals surface area (Å²) in [4.78, 5) is 1.21. The van der Waals surface area contributed by atoms with Crippen LogP contribution in [0.25, 0.3) is 0 Å². The molecule has 2 nitrogen and oxygen atoms in total. The van der Waals surface area contributed by atoms with Gasteiger partial charge in [-0.25, -0.2) is 0 Å². The molecule has 0 N–H and O–H groups in total. The van der Waals surface area contributed by atoms with Crippen molar-refractivity contribution in [1.29, 1.82) is 5.26 Å². The van der Waals surface area contributed by atoms with E-state index in [9.17, 15) is 5.26 Å². The molecule has 0 aliphatic heterocycles. The molecule has 1 saturated carbocycles. The Hall–Kier alpha value is -1.14. The fraction of sp³-hybridized carbons (Fsp3) is 0.500. The van der Waals surface area contributed by atoms with E-state index in [2.05, 4.69) is 25.1 Å². The Kier molecular flexibility index (Phi) is 3.35. The molecular formula is C14H17NOS. The molecule has 90 valence electrons. The molecule has 3 heteroatoms. The van der Waals surface area contributed by atoms with Crippen LogP contribution in [0.4, 0.5) is 0 Å². The summed E-state index contributed by atoms with van der Waals surface area (Å²) in [6, 6.07) is 6.66. The Bertz CT molecular complexity index is 472. The van der Waals surface area contributed by atoms with Crippen molar-refractivity contribution < 1.29 is 4.74 Å². The highest BCUT2D eigenvalue weighted by Crippen LogP contribution is 2.48. The number of nitrogens with zero attached hydrogens (tertiary/aromatic N) is 1. The minimum absolute atomic E-state index is 0.175. The predicted molar refractivity (Wildman–Crippen MR) is 70.5 cm³/mol. The lowest BCUT2D eigenvalue weighted by Gasteiger charge is -2.34. The van der Waals surface area contributed by atoms with E-state index in [0.29, 0.717) is 0 Å². The first kappa shape index (κ1) is 12.3. The highest BCUT2D eigenvalue weighted by molar-refractivity contribution is 8.01. The van der Waals surface area contributed by atoms with Gasteiger partial charge in [0, 0.05) is 4.90 Å². The Labute approximate surface area is 107 Å². The van der Waals surface area contributed by atoms with Crippen LogP contribution in [-0.4, -0.2) is 11.9 Å². The van der Waals surface area contributed by atoms with E-state index in [1.165, 1.54) is 16.9 Å². The minimum atomic E-state index is -0.175. The van der Waals surface area contributed by atoms with Crippen molar-refractivity contribution in [3.8, 4) is 11.8 Å². The number of hydrogen-bond donors (Lipinski definition) is 0. The lowest BCUT2D eigenvalue weighted by Crippen LogP contribution is -2.31. The van der Waals surface area contributed by atoms with Crippen LogP contribution in [0.1, 0.15) is 30.4 Å². The monoisotopic (exact) mass is 247 g/mol. The van der Waals surface area contributed by atoms with Crippen molar-refractivity contribution in [2.24, 2.45) is 0 Å². The van der Waals surface area contributed by atoms with Crippen LogP contribution < -0.4 is 4.74 Å². The molecule has 0 aromatic heterocycles. The predicted octanol–water partition coefficient (Wildman–Crippen LogP) is 3.85. The van der Waals surface area contributed by atoms with Gasteiger partial charge in [-0.05, 0) is 56.4 Å². The second-order valence-electron chi connectivity index (χ2n) is 4.65. The molecule has 1 aromatic carbocycles. The summed E-state index contributed by atoms with van der Waals surface area (Å²) >= 11 is 1.72. The fourth-order valence-electron chi connectivity index (χ4n) is 2.04. The number of rotatable bonds is 3. The Morgan fingerprint density at radius 1 is 1.29 bits per heavy atom. The Morgan fingerprint density at radius 2 is 2.00 bits per heavy atom. The van der Waals surface area contributed by atoms with Gasteiger partial charge in [-0.3, -0.25) is 0 Å². The van der Waals surface area contributed by atoms with Crippen LogP contribution in [0.2, 0.25) is 0 Å². The number of thioether (sulfide) groups is 1. The zero-order valence-corrected chi connectivity index (χ0v) is 11.4. The molecular weight excluding hydrogens is 230 g/mol. The fourth-order valence-corrected chi connectivity index (χ4v) is 3.45. The molecule has 0 spiro atoms. The van der Waals surface area contributed by atoms with Crippen molar-refractivity contribution >= 4 is 11.8 Å². The first-order chi connectivity index (χ1) is 8.10. The number of hydrogen-bond acceptors (Lipinski definition) is 3. The van der Waals surface area contributed by atoms with E-state index in [1.807, 2.05) is 6.92 Å². The molecule has 17 heavy (non-hydrogen) atoms. The minimum Gasteiger partial charge on any atom is -0.496 e. The normalized spacial score (nSPS) is 17.1. The molecule has 0 saturated heterocycles. The summed E-state index contributed by atoms with van der Waals surface area (Å²) in [5.41, 5.74) is 2.33. The average Bonchev–Trinajstić information content (AvgIpc) is 2.27. The largest absolute Gasteiger partial charge is 0.496 e. The molecule has 2 rings (SSSR count). The van der Waals surface area contributed by atoms with E-state index in [4.69, 9.17) is 4.74 Å². The van der Waals surface area contributed by atoms with Gasteiger partial charge < -0.3 is 4.74 Å². The Balaban J connectivity index is 2.28. The average molecular weight is 247 g/mol. The summed E-state index contributed by atoms with van der Waals surface area (Å²) in [7, 11) is 1.69. The maximum absolute atomic E-state index is 9.26. The zero-order valence-electron chi connectivity index (χ0n) is 10.5. The van der Waals surface area contributed by atoms with Crippen LogP contribution in [0, 0.1) is 25.2 Å². The molecule has 0 radical (unpaired) electrons. The molecule has 1 aromatic rings. The number of aryl methyl sites for hydroxylation is 2. The smallest absolute Gasteiger partial charge is 0.122 e. The highest BCUT2D eigenvalue weighted by Gasteiger charge is 2.38. The van der Waals surface area contributed by atoms with Gasteiger partial charge in [-0.1, -0.05) is 0 Å². The van der Waals surface area contributed by atoms with Gasteiger partial charge in [0.05, 0.1) is 13.2 Å². The van der Waals surface area contributed by atoms with Crippen LogP contribution in [0.15, 0.2) is 17.0 Å². The summed E-state index contributed by atoms with van der Waals surface area (Å²) in [5.74, 6) is 0.923. The zero-order chi connectivity index (χ0) is 12.5. The molecule has 0 atom stereocenters. The summed E-state index contributed by atoms with van der Waals surface area (Å²) in [5, 5.41) is 9.26. The van der Waals surface area contributed by atoms with Crippen molar-refractivity contribution in [2.75, 3.05) is 7.11 Å². The summed E-state index contributed by atoms with van der Waals surface area (Å²) in [6.45, 7) is 4.12. The van der Waals surface area contributed by atoms with Crippen molar-refractivity contribution in [2.45, 2.75) is 42.8 Å². The van der Waals surface area contributed by atoms with E-state index < -0.39 is 0 Å². The molecule has 0 amide bonds. The molecule has 1 aliphatic carbocycles. The highest BCUT2D eigenvalue weighted by atomic mass is 32.2. The second kappa shape index (κ2) is 4.62. The molecule has 0 bridgehead atoms. The van der Waals surface area contributed by atoms with Crippen molar-refractivity contribution in [3.05, 3.63) is 23.3 Å². The number of benzene rings is 1. The van der Waals surface area contributed by atoms with Crippen molar-refractivity contribution in [1.82, 2.24) is 0 Å². The van der Waals surface area contributed by atoms with Gasteiger partial charge in [0.25, 0.3) is 0 Å². The maximum Gasteiger partial charge on any atom is 0.122 e. The molecule has 0 heterocycles. The standard InChI is InChI=1S/C14H17NOS/c1-10-8-13(11(2)7-12(10)16-3)17-14(9-15)5-4-6-14/h7-8H,4-6H2,1-3H3. The molecule has 1 aliphatic rings. The molecule has 0 unspecified atom stereocenters. The third kappa shape index (κ3) is 2.28. The van der Waals surface area contributed by atoms with E-state index in [0.717, 1.165) is 24.2 Å². The van der Waals surface area contributed by atoms with Crippen molar-refractivity contribution in [3.63, 3.8) is 0 Å². The first-order valence-electron chi connectivity index (χ1n) is 5.86. The summed E-state index contributed by atoms with van der Waals surface area (Å²) in [6.07, 6.45) is 3.20. The van der Waals surface area contributed by atoms with Crippen LogP contribution in [0.3, 0.4) is 0 Å². The third-order valence-corrected chi connectivity index (χ3v) is 4.91. The van der Waals surface area contributed by atoms with Crippen LogP contribution >= 0.6 is 11.8 Å². The van der Waals surface area contributed by atoms with Crippen LogP contribution in [0.5, 0.6) is 5.75 Å². The van der Waals surface area contributed by atoms with Gasteiger partial charge in [0.1, 0.15) is 10.5 Å². The lowest BCUT2D eigenvalue weighted by atomic mass is 9.86. The topological polar surface area (TPSA) is 33.0 Å². The molecule has 1 fully saturated rings. The number of methoxy groups -OCH3 is 1. The van der Waals surface area contributed by atoms with Gasteiger partial charge in [-0.15, -0.1) is 11.8 Å². The SMILES string of the molecule is COc1cc(C)c(SC2(C#N)CCC2)cc1C. The third-order valence-electron chi connectivity index (χ3n) is 3.36. The van der Waals surface area contributed by atoms with E-state index >= 15 is 0 Å². The number of ether oxygens (including phenoxy) is 1. The van der Waals surface area contributed by atoms with Crippen LogP contribution in [-0.2, 0) is 0 Å². The summed E-state index contributed by atoms with van der Waals surface area (Å²) < 4.78 is 5.13. The lowest BCUT2D eigenvalue weighted by molar-refractivity contribution is 0.411. The van der Waals surface area contributed by atoms with Gasteiger partial charge in [0.15, 0.2) is 0 Å². The van der Waals surface area contributed by atoms with E-state index in [1.54, 1.807) is 18.9 Å². The second-order valence-corrected chi connectivity index (χ2v) is 6.07. The van der Waals surface area contributed by atoms with Gasteiger partial charge >= 0.3 is 0 Å². The Morgan fingerprint density at radius 3 is 2.47 bits per heavy atom. The van der Waals surface area contributed by atoms with Gasteiger partial charge in [-0.2, -0.15) is 5.26 Å².